The van der Waals surface area contributed by atoms with Gasteiger partial charge in [0.05, 0.1) is 7.05 Å². The van der Waals surface area contributed by atoms with E-state index in [0.29, 0.717) is 30.0 Å². The Morgan fingerprint density at radius 2 is 2.15 bits per heavy atom. The molecule has 210 valence electrons. The molecule has 1 saturated carbocycles. The van der Waals surface area contributed by atoms with E-state index in [1.165, 1.54) is 35.3 Å². The number of quaternary nitrogens is 1. The molecule has 0 saturated heterocycles. The van der Waals surface area contributed by atoms with Crippen LogP contribution in [0.5, 0.6) is 0 Å². The highest BCUT2D eigenvalue weighted by atomic mass is 16.5. The Kier molecular flexibility index (Phi) is 7.60. The first-order valence-corrected chi connectivity index (χ1v) is 14.5. The average Bonchev–Trinajstić information content (AvgIpc) is 3.57. The fourth-order valence-electron chi connectivity index (χ4n) is 7.55. The van der Waals surface area contributed by atoms with Crippen LogP contribution in [0.1, 0.15) is 76.7 Å². The van der Waals surface area contributed by atoms with Gasteiger partial charge >= 0.3 is 5.97 Å². The van der Waals surface area contributed by atoms with Gasteiger partial charge in [-0.15, -0.1) is 0 Å². The van der Waals surface area contributed by atoms with Crippen LogP contribution in [0.25, 0.3) is 0 Å². The van der Waals surface area contributed by atoms with Gasteiger partial charge in [-0.1, -0.05) is 38.5 Å². The number of hydrogen-bond acceptors (Lipinski definition) is 6. The molecule has 2 aliphatic carbocycles. The number of nitrogen functional groups attached to an aromatic ring is 1. The molecule has 3 aliphatic rings. The third-order valence-corrected chi connectivity index (χ3v) is 10.3. The lowest BCUT2D eigenvalue weighted by molar-refractivity contribution is -0.805. The van der Waals surface area contributed by atoms with Crippen molar-refractivity contribution >= 4 is 23.3 Å². The van der Waals surface area contributed by atoms with E-state index in [-0.39, 0.29) is 16.8 Å². The Labute approximate surface area is 232 Å². The molecule has 0 amide bonds. The van der Waals surface area contributed by atoms with Crippen LogP contribution >= 0.6 is 0 Å². The van der Waals surface area contributed by atoms with Crippen LogP contribution in [0.15, 0.2) is 48.0 Å². The highest BCUT2D eigenvalue weighted by Gasteiger charge is 2.53. The Morgan fingerprint density at radius 1 is 1.33 bits per heavy atom. The van der Waals surface area contributed by atoms with E-state index in [0.717, 1.165) is 44.0 Å². The average molecular weight is 534 g/mol. The molecule has 1 fully saturated rings. The summed E-state index contributed by atoms with van der Waals surface area (Å²) in [6, 6.07) is 3.59. The number of anilines is 2. The zero-order valence-electron chi connectivity index (χ0n) is 24.2. The quantitative estimate of drug-likeness (QED) is 0.337. The molecule has 3 heterocycles. The van der Waals surface area contributed by atoms with E-state index in [1.807, 2.05) is 6.07 Å². The van der Waals surface area contributed by atoms with Crippen molar-refractivity contribution in [3.8, 4) is 0 Å². The van der Waals surface area contributed by atoms with Gasteiger partial charge in [0.1, 0.15) is 18.6 Å². The normalized spacial score (nSPS) is 30.5. The smallest absolute Gasteiger partial charge is 0.355 e. The lowest BCUT2D eigenvalue weighted by atomic mass is 9.47. The predicted molar refractivity (Wildman–Crippen MR) is 155 cm³/mol. The number of H-pyrrole nitrogens is 1. The fraction of sp³-hybridized carbons (Fsp3) is 0.581. The first-order valence-electron chi connectivity index (χ1n) is 14.5. The standard InChI is InChI=1S/C31H44N6O2/c1-21(13-17-37-20-36(5)28-26(37)27(32)34-19-35-28)11-14-30(3)22(2)12-15-31(4)23(8-6-10-25(30)31)18-39-29(38)24-9-7-16-33-24/h7-9,13,16,19,22,25,33H,6,10-12,14-15,17-18,20H2,1-5H3,(H2,32,34,35)/p+1. The fourth-order valence-corrected chi connectivity index (χ4v) is 7.55. The van der Waals surface area contributed by atoms with Gasteiger partial charge in [-0.25, -0.2) is 9.78 Å². The number of aromatic amines is 1. The third kappa shape index (κ3) is 5.11. The van der Waals surface area contributed by atoms with Crippen LogP contribution in [0.2, 0.25) is 0 Å². The zero-order chi connectivity index (χ0) is 27.8. The lowest BCUT2D eigenvalue weighted by Gasteiger charge is -2.58. The number of esters is 1. The number of allylic oxidation sites excluding steroid dienone is 2. The molecule has 5 atom stereocenters. The van der Waals surface area contributed by atoms with Crippen LogP contribution in [0, 0.1) is 22.7 Å². The molecule has 0 bridgehead atoms. The maximum absolute atomic E-state index is 12.5. The van der Waals surface area contributed by atoms with E-state index in [2.05, 4.69) is 66.7 Å². The molecule has 0 aromatic carbocycles. The Bertz CT molecular complexity index is 1250. The summed E-state index contributed by atoms with van der Waals surface area (Å²) in [6.07, 6.45) is 14.9. The third-order valence-electron chi connectivity index (χ3n) is 10.3. The second kappa shape index (κ2) is 10.8. The van der Waals surface area contributed by atoms with Crippen molar-refractivity contribution in [2.45, 2.75) is 66.2 Å². The first-order chi connectivity index (χ1) is 18.6. The summed E-state index contributed by atoms with van der Waals surface area (Å²) >= 11 is 0. The molecule has 5 unspecified atom stereocenters. The number of hydrogen-bond donors (Lipinski definition) is 3. The summed E-state index contributed by atoms with van der Waals surface area (Å²) in [5, 5.41) is 0. The topological polar surface area (TPSA) is 102 Å². The molecule has 0 spiro atoms. The van der Waals surface area contributed by atoms with Gasteiger partial charge in [0.15, 0.2) is 18.2 Å². The lowest BCUT2D eigenvalue weighted by Crippen LogP contribution is -3.03. The molecule has 2 aromatic rings. The molecule has 8 heteroatoms. The summed E-state index contributed by atoms with van der Waals surface area (Å²) < 4.78 is 5.78. The Hall–Kier alpha value is -3.13. The first kappa shape index (κ1) is 27.4. The van der Waals surface area contributed by atoms with Crippen molar-refractivity contribution in [2.75, 3.05) is 37.5 Å². The van der Waals surface area contributed by atoms with E-state index in [1.54, 1.807) is 18.6 Å². The SMILES string of the molecule is CC(=CCN1C[NH+](C)c2ncnc(N)c21)CCC1(C)C(C)CCC2(C)C(COC(=O)c3ccc[nH]3)=CCCC21. The zero-order valence-corrected chi connectivity index (χ0v) is 24.2. The number of aromatic nitrogens is 3. The van der Waals surface area contributed by atoms with Crippen molar-refractivity contribution in [1.82, 2.24) is 15.0 Å². The molecule has 39 heavy (non-hydrogen) atoms. The number of nitrogens with zero attached hydrogens (tertiary/aromatic N) is 3. The van der Waals surface area contributed by atoms with Crippen molar-refractivity contribution in [3.05, 3.63) is 53.6 Å². The minimum atomic E-state index is -0.277. The van der Waals surface area contributed by atoms with Crippen LogP contribution < -0.4 is 15.5 Å². The number of fused-ring (bicyclic) bond motifs is 2. The van der Waals surface area contributed by atoms with E-state index < -0.39 is 0 Å². The summed E-state index contributed by atoms with van der Waals surface area (Å²) in [6.45, 7) is 11.7. The summed E-state index contributed by atoms with van der Waals surface area (Å²) in [7, 11) is 2.12. The molecule has 4 N–H and O–H groups in total. The van der Waals surface area contributed by atoms with E-state index in [9.17, 15) is 4.79 Å². The number of nitrogens with one attached hydrogen (secondary N) is 2. The summed E-state index contributed by atoms with van der Waals surface area (Å²) in [4.78, 5) is 27.7. The maximum Gasteiger partial charge on any atom is 0.355 e. The molecular weight excluding hydrogens is 488 g/mol. The van der Waals surface area contributed by atoms with Crippen LogP contribution in [-0.4, -0.2) is 47.8 Å². The van der Waals surface area contributed by atoms with Crippen LogP contribution in [0.3, 0.4) is 0 Å². The van der Waals surface area contributed by atoms with Gasteiger partial charge in [-0.3, -0.25) is 4.90 Å². The molecule has 0 radical (unpaired) electrons. The predicted octanol–water partition coefficient (Wildman–Crippen LogP) is 4.67. The molecule has 2 aromatic heterocycles. The number of nitrogens with two attached hydrogens (primary N) is 1. The molecule has 1 aliphatic heterocycles. The second-order valence-corrected chi connectivity index (χ2v) is 12.5. The van der Waals surface area contributed by atoms with Gasteiger partial charge in [-0.05, 0) is 85.8 Å². The highest BCUT2D eigenvalue weighted by molar-refractivity contribution is 5.87. The van der Waals surface area contributed by atoms with Crippen molar-refractivity contribution in [1.29, 1.82) is 0 Å². The van der Waals surface area contributed by atoms with Gasteiger partial charge in [0.2, 0.25) is 0 Å². The van der Waals surface area contributed by atoms with Gasteiger partial charge < -0.3 is 20.4 Å². The number of rotatable bonds is 8. The summed E-state index contributed by atoms with van der Waals surface area (Å²) in [5.74, 6) is 2.50. The molecule has 5 rings (SSSR count). The second-order valence-electron chi connectivity index (χ2n) is 12.5. The maximum atomic E-state index is 12.5. The van der Waals surface area contributed by atoms with Crippen LogP contribution in [-0.2, 0) is 4.74 Å². The number of carbonyl (C=O) groups excluding carboxylic acids is 1. The minimum Gasteiger partial charge on any atom is -0.456 e. The van der Waals surface area contributed by atoms with Gasteiger partial charge in [0, 0.05) is 12.7 Å². The van der Waals surface area contributed by atoms with E-state index >= 15 is 0 Å². The minimum absolute atomic E-state index is 0.0668. The Morgan fingerprint density at radius 3 is 2.92 bits per heavy atom. The van der Waals surface area contributed by atoms with Gasteiger partial charge in [-0.2, -0.15) is 4.98 Å². The monoisotopic (exact) mass is 533 g/mol. The number of carbonyl (C=O) groups is 1. The molecule has 8 nitrogen and oxygen atoms in total. The highest BCUT2D eigenvalue weighted by Crippen LogP contribution is 2.62. The van der Waals surface area contributed by atoms with E-state index in [4.69, 9.17) is 10.5 Å². The van der Waals surface area contributed by atoms with Crippen molar-refractivity contribution < 1.29 is 14.4 Å². The largest absolute Gasteiger partial charge is 0.456 e. The number of ether oxygens (including phenoxy) is 1. The van der Waals surface area contributed by atoms with Crippen molar-refractivity contribution in [3.63, 3.8) is 0 Å². The summed E-state index contributed by atoms with van der Waals surface area (Å²) in [5.41, 5.74) is 10.7. The molecular formula is C31H45N6O2+. The van der Waals surface area contributed by atoms with Crippen molar-refractivity contribution in [2.24, 2.45) is 22.7 Å². The van der Waals surface area contributed by atoms with Gasteiger partial charge in [0.25, 0.3) is 5.82 Å². The van der Waals surface area contributed by atoms with Crippen LogP contribution in [0.4, 0.5) is 17.3 Å². The Balaban J connectivity index is 1.25.